The number of nitro groups is 1. The largest absolute Gasteiger partial charge is 0.388 e. The van der Waals surface area contributed by atoms with Crippen molar-refractivity contribution in [3.63, 3.8) is 0 Å². The molecule has 98 valence electrons. The fourth-order valence-electron chi connectivity index (χ4n) is 2.02. The van der Waals surface area contributed by atoms with Gasteiger partial charge in [-0.1, -0.05) is 42.5 Å². The first-order valence-electron chi connectivity index (χ1n) is 6.05. The second-order valence-electron chi connectivity index (χ2n) is 4.52. The van der Waals surface area contributed by atoms with E-state index in [1.165, 1.54) is 6.07 Å². The van der Waals surface area contributed by atoms with E-state index in [1.807, 2.05) is 43.3 Å². The van der Waals surface area contributed by atoms with Crippen LogP contribution in [0.4, 0.5) is 5.69 Å². The quantitative estimate of drug-likeness (QED) is 0.675. The minimum atomic E-state index is -0.734. The maximum atomic E-state index is 11.0. The highest BCUT2D eigenvalue weighted by molar-refractivity contribution is 5.43. The first-order chi connectivity index (χ1) is 9.08. The summed E-state index contributed by atoms with van der Waals surface area (Å²) in [5.41, 5.74) is 2.21. The van der Waals surface area contributed by atoms with Crippen LogP contribution in [0.5, 0.6) is 0 Å². The Labute approximate surface area is 111 Å². The fraction of sp³-hybridized carbons (Fsp3) is 0.200. The van der Waals surface area contributed by atoms with Crippen molar-refractivity contribution in [2.24, 2.45) is 0 Å². The average molecular weight is 257 g/mol. The van der Waals surface area contributed by atoms with Gasteiger partial charge in [-0.25, -0.2) is 0 Å². The molecule has 0 spiro atoms. The number of aliphatic hydroxyl groups is 1. The van der Waals surface area contributed by atoms with Gasteiger partial charge in [0.25, 0.3) is 5.69 Å². The van der Waals surface area contributed by atoms with E-state index in [9.17, 15) is 15.2 Å². The van der Waals surface area contributed by atoms with Crippen LogP contribution in [0.1, 0.15) is 22.8 Å². The van der Waals surface area contributed by atoms with Crippen molar-refractivity contribution in [1.82, 2.24) is 0 Å². The molecule has 4 heteroatoms. The van der Waals surface area contributed by atoms with Crippen LogP contribution >= 0.6 is 0 Å². The normalized spacial score (nSPS) is 12.1. The Kier molecular flexibility index (Phi) is 3.92. The van der Waals surface area contributed by atoms with Gasteiger partial charge in [0, 0.05) is 18.1 Å². The Hall–Kier alpha value is -2.20. The van der Waals surface area contributed by atoms with E-state index in [0.717, 1.165) is 11.1 Å². The lowest BCUT2D eigenvalue weighted by molar-refractivity contribution is -0.385. The topological polar surface area (TPSA) is 63.4 Å². The predicted molar refractivity (Wildman–Crippen MR) is 72.9 cm³/mol. The van der Waals surface area contributed by atoms with E-state index in [-0.39, 0.29) is 12.1 Å². The van der Waals surface area contributed by atoms with Gasteiger partial charge in [-0.15, -0.1) is 0 Å². The Bertz CT molecular complexity index is 581. The summed E-state index contributed by atoms with van der Waals surface area (Å²) < 4.78 is 0. The predicted octanol–water partition coefficient (Wildman–Crippen LogP) is 3.18. The average Bonchev–Trinajstić information content (AvgIpc) is 2.41. The molecule has 0 saturated carbocycles. The van der Waals surface area contributed by atoms with Gasteiger partial charge < -0.3 is 5.11 Å². The molecule has 0 aliphatic rings. The van der Waals surface area contributed by atoms with Crippen LogP contribution in [0.25, 0.3) is 0 Å². The van der Waals surface area contributed by atoms with E-state index >= 15 is 0 Å². The molecule has 0 bridgehead atoms. The first kappa shape index (κ1) is 13.2. The van der Waals surface area contributed by atoms with Crippen molar-refractivity contribution in [2.45, 2.75) is 19.4 Å². The molecule has 2 rings (SSSR count). The molecular formula is C15H15NO3. The molecule has 0 aromatic heterocycles. The van der Waals surface area contributed by atoms with Crippen LogP contribution < -0.4 is 0 Å². The molecule has 4 nitrogen and oxygen atoms in total. The van der Waals surface area contributed by atoms with Crippen LogP contribution in [0, 0.1) is 17.0 Å². The molecule has 2 aromatic rings. The molecule has 19 heavy (non-hydrogen) atoms. The standard InChI is InChI=1S/C15H15NO3/c1-11-7-8-13(14(9-11)16(18)19)10-15(17)12-5-3-2-4-6-12/h2-9,15,17H,10H2,1H3. The molecule has 1 atom stereocenters. The minimum absolute atomic E-state index is 0.0648. The molecule has 0 aliphatic heterocycles. The second-order valence-corrected chi connectivity index (χ2v) is 4.52. The van der Waals surface area contributed by atoms with Crippen molar-refractivity contribution in [2.75, 3.05) is 0 Å². The monoisotopic (exact) mass is 257 g/mol. The lowest BCUT2D eigenvalue weighted by Crippen LogP contribution is -2.04. The summed E-state index contributed by atoms with van der Waals surface area (Å²) in [5.74, 6) is 0. The summed E-state index contributed by atoms with van der Waals surface area (Å²) in [6.07, 6.45) is -0.497. The van der Waals surface area contributed by atoms with Gasteiger partial charge in [0.1, 0.15) is 0 Å². The highest BCUT2D eigenvalue weighted by atomic mass is 16.6. The van der Waals surface area contributed by atoms with Gasteiger partial charge in [0.05, 0.1) is 11.0 Å². The Morgan fingerprint density at radius 3 is 2.53 bits per heavy atom. The smallest absolute Gasteiger partial charge is 0.272 e. The first-order valence-corrected chi connectivity index (χ1v) is 6.05. The fourth-order valence-corrected chi connectivity index (χ4v) is 2.02. The number of aryl methyl sites for hydroxylation is 1. The molecule has 1 N–H and O–H groups in total. The number of hydrogen-bond donors (Lipinski definition) is 1. The Morgan fingerprint density at radius 2 is 1.89 bits per heavy atom. The van der Waals surface area contributed by atoms with Crippen molar-refractivity contribution in [1.29, 1.82) is 0 Å². The SMILES string of the molecule is Cc1ccc(CC(O)c2ccccc2)c([N+](=O)[O-])c1. The molecule has 2 aromatic carbocycles. The maximum Gasteiger partial charge on any atom is 0.272 e. The van der Waals surface area contributed by atoms with E-state index in [2.05, 4.69) is 0 Å². The summed E-state index contributed by atoms with van der Waals surface area (Å²) in [4.78, 5) is 10.6. The molecule has 0 heterocycles. The van der Waals surface area contributed by atoms with Crippen molar-refractivity contribution >= 4 is 5.69 Å². The molecule has 0 fully saturated rings. The Balaban J connectivity index is 2.26. The van der Waals surface area contributed by atoms with Gasteiger partial charge >= 0.3 is 0 Å². The van der Waals surface area contributed by atoms with Gasteiger partial charge in [-0.05, 0) is 18.1 Å². The molecule has 0 saturated heterocycles. The Morgan fingerprint density at radius 1 is 1.21 bits per heavy atom. The van der Waals surface area contributed by atoms with Crippen molar-refractivity contribution in [3.05, 3.63) is 75.3 Å². The maximum absolute atomic E-state index is 11.0. The van der Waals surface area contributed by atoms with Crippen LogP contribution in [-0.4, -0.2) is 10.0 Å². The van der Waals surface area contributed by atoms with Crippen LogP contribution in [-0.2, 0) is 6.42 Å². The lowest BCUT2D eigenvalue weighted by Gasteiger charge is -2.11. The van der Waals surface area contributed by atoms with Crippen molar-refractivity contribution < 1.29 is 10.0 Å². The van der Waals surface area contributed by atoms with Gasteiger partial charge in [-0.2, -0.15) is 0 Å². The zero-order valence-corrected chi connectivity index (χ0v) is 10.6. The molecule has 0 amide bonds. The third-order valence-corrected chi connectivity index (χ3v) is 3.04. The zero-order chi connectivity index (χ0) is 13.8. The number of nitrogens with zero attached hydrogens (tertiary/aromatic N) is 1. The van der Waals surface area contributed by atoms with E-state index < -0.39 is 11.0 Å². The summed E-state index contributed by atoms with van der Waals surface area (Å²) in [6, 6.07) is 14.2. The zero-order valence-electron chi connectivity index (χ0n) is 10.6. The van der Waals surface area contributed by atoms with Gasteiger partial charge in [-0.3, -0.25) is 10.1 Å². The number of hydrogen-bond acceptors (Lipinski definition) is 3. The number of rotatable bonds is 4. The highest BCUT2D eigenvalue weighted by Gasteiger charge is 2.17. The van der Waals surface area contributed by atoms with E-state index in [1.54, 1.807) is 6.07 Å². The molecule has 1 unspecified atom stereocenters. The third-order valence-electron chi connectivity index (χ3n) is 3.04. The van der Waals surface area contributed by atoms with Crippen LogP contribution in [0.2, 0.25) is 0 Å². The molecule has 0 radical (unpaired) electrons. The van der Waals surface area contributed by atoms with Gasteiger partial charge in [0.15, 0.2) is 0 Å². The van der Waals surface area contributed by atoms with Gasteiger partial charge in [0.2, 0.25) is 0 Å². The lowest BCUT2D eigenvalue weighted by atomic mass is 9.99. The minimum Gasteiger partial charge on any atom is -0.388 e. The van der Waals surface area contributed by atoms with Crippen LogP contribution in [0.15, 0.2) is 48.5 Å². The molecule has 0 aliphatic carbocycles. The summed E-state index contributed by atoms with van der Waals surface area (Å²) in [5, 5.41) is 21.1. The summed E-state index contributed by atoms with van der Waals surface area (Å²) >= 11 is 0. The third kappa shape index (κ3) is 3.17. The summed E-state index contributed by atoms with van der Waals surface area (Å²) in [6.45, 7) is 1.81. The van der Waals surface area contributed by atoms with E-state index in [4.69, 9.17) is 0 Å². The summed E-state index contributed by atoms with van der Waals surface area (Å²) in [7, 11) is 0. The number of nitro benzene ring substituents is 1. The number of benzene rings is 2. The highest BCUT2D eigenvalue weighted by Crippen LogP contribution is 2.25. The van der Waals surface area contributed by atoms with Crippen molar-refractivity contribution in [3.8, 4) is 0 Å². The second kappa shape index (κ2) is 5.63. The van der Waals surface area contributed by atoms with E-state index in [0.29, 0.717) is 5.56 Å². The van der Waals surface area contributed by atoms with Crippen LogP contribution in [0.3, 0.4) is 0 Å². The molecular weight excluding hydrogens is 242 g/mol. The number of aliphatic hydroxyl groups excluding tert-OH is 1.